The maximum atomic E-state index is 10.3. The van der Waals surface area contributed by atoms with Crippen molar-refractivity contribution in [1.29, 1.82) is 0 Å². The molecule has 0 saturated heterocycles. The lowest BCUT2D eigenvalue weighted by molar-refractivity contribution is -0.138. The molecule has 1 atom stereocenters. The van der Waals surface area contributed by atoms with E-state index in [2.05, 4.69) is 19.6 Å². The van der Waals surface area contributed by atoms with Gasteiger partial charge in [-0.1, -0.05) is 25.7 Å². The molecular formula is C7H17NO2Si. The monoisotopic (exact) mass is 175 g/mol. The second-order valence-electron chi connectivity index (χ2n) is 4.04. The predicted molar refractivity (Wildman–Crippen MR) is 48.4 cm³/mol. The van der Waals surface area contributed by atoms with Gasteiger partial charge in [0.2, 0.25) is 0 Å². The van der Waals surface area contributed by atoms with Crippen molar-refractivity contribution < 1.29 is 9.90 Å². The van der Waals surface area contributed by atoms with Gasteiger partial charge in [0, 0.05) is 8.07 Å². The number of aliphatic carboxylic acids is 1. The van der Waals surface area contributed by atoms with Crippen molar-refractivity contribution in [3.8, 4) is 0 Å². The molecule has 3 N–H and O–H groups in total. The molecule has 0 bridgehead atoms. The van der Waals surface area contributed by atoms with Crippen LogP contribution in [0.5, 0.6) is 0 Å². The van der Waals surface area contributed by atoms with E-state index in [0.717, 1.165) is 6.04 Å². The Balaban J connectivity index is 3.63. The largest absolute Gasteiger partial charge is 0.480 e. The molecule has 0 aliphatic heterocycles. The van der Waals surface area contributed by atoms with Crippen LogP contribution in [0.2, 0.25) is 25.7 Å². The summed E-state index contributed by atoms with van der Waals surface area (Å²) in [4.78, 5) is 10.3. The topological polar surface area (TPSA) is 63.3 Å². The number of carboxylic acids is 1. The molecule has 0 rings (SSSR count). The molecule has 0 aromatic rings. The lowest BCUT2D eigenvalue weighted by Crippen LogP contribution is -2.33. The number of hydrogen-bond acceptors (Lipinski definition) is 2. The van der Waals surface area contributed by atoms with Gasteiger partial charge in [0.1, 0.15) is 6.04 Å². The zero-order valence-electron chi connectivity index (χ0n) is 7.42. The minimum atomic E-state index is -1.11. The summed E-state index contributed by atoms with van der Waals surface area (Å²) in [6.45, 7) is 6.63. The summed E-state index contributed by atoms with van der Waals surface area (Å²) in [7, 11) is -1.11. The van der Waals surface area contributed by atoms with Gasteiger partial charge in [-0.2, -0.15) is 0 Å². The number of rotatable bonds is 4. The van der Waals surface area contributed by atoms with Crippen molar-refractivity contribution in [2.75, 3.05) is 0 Å². The van der Waals surface area contributed by atoms with E-state index < -0.39 is 20.1 Å². The molecule has 0 aromatic heterocycles. The normalized spacial score (nSPS) is 14.5. The van der Waals surface area contributed by atoms with Crippen LogP contribution in [0.25, 0.3) is 0 Å². The molecule has 0 unspecified atom stereocenters. The summed E-state index contributed by atoms with van der Waals surface area (Å²) in [5.41, 5.74) is 5.35. The Hall–Kier alpha value is -0.353. The highest BCUT2D eigenvalue weighted by Crippen LogP contribution is 2.11. The third-order valence-corrected chi connectivity index (χ3v) is 3.31. The first kappa shape index (κ1) is 10.6. The summed E-state index contributed by atoms with van der Waals surface area (Å²) < 4.78 is 0. The maximum absolute atomic E-state index is 10.3. The van der Waals surface area contributed by atoms with Gasteiger partial charge < -0.3 is 10.8 Å². The standard InChI is InChI=1S/C7H17NO2Si/c1-11(2,3)5-4-6(8)7(9)10/h6H,4-5,8H2,1-3H3,(H,9,10)/t6-/m1/s1. The molecule has 0 spiro atoms. The average Bonchev–Trinajstić information content (AvgIpc) is 1.80. The molecule has 0 radical (unpaired) electrons. The van der Waals surface area contributed by atoms with Crippen molar-refractivity contribution in [2.45, 2.75) is 38.1 Å². The van der Waals surface area contributed by atoms with Crippen molar-refractivity contribution in [3.05, 3.63) is 0 Å². The van der Waals surface area contributed by atoms with Gasteiger partial charge in [-0.05, 0) is 6.42 Å². The third-order valence-electron chi connectivity index (χ3n) is 1.52. The third kappa shape index (κ3) is 6.06. The van der Waals surface area contributed by atoms with Crippen LogP contribution < -0.4 is 5.73 Å². The highest BCUT2D eigenvalue weighted by atomic mass is 28.3. The SMILES string of the molecule is C[Si](C)(C)CC[C@@H](N)C(=O)O. The minimum Gasteiger partial charge on any atom is -0.480 e. The zero-order valence-corrected chi connectivity index (χ0v) is 8.42. The number of carbonyl (C=O) groups is 1. The Kier molecular flexibility index (Phi) is 3.75. The number of nitrogens with two attached hydrogens (primary N) is 1. The highest BCUT2D eigenvalue weighted by molar-refractivity contribution is 6.76. The van der Waals surface area contributed by atoms with Gasteiger partial charge in [0.05, 0.1) is 0 Å². The summed E-state index contributed by atoms with van der Waals surface area (Å²) in [6, 6.07) is 0.322. The van der Waals surface area contributed by atoms with Crippen molar-refractivity contribution in [2.24, 2.45) is 5.73 Å². The first-order chi connectivity index (χ1) is 4.83. The minimum absolute atomic E-state index is 0.616. The van der Waals surface area contributed by atoms with Gasteiger partial charge in [-0.25, -0.2) is 0 Å². The van der Waals surface area contributed by atoms with Gasteiger partial charge >= 0.3 is 5.97 Å². The van der Waals surface area contributed by atoms with Gasteiger partial charge in [0.25, 0.3) is 0 Å². The van der Waals surface area contributed by atoms with Crippen LogP contribution in [0.1, 0.15) is 6.42 Å². The summed E-state index contributed by atoms with van der Waals surface area (Å²) in [6.07, 6.45) is 0.616. The molecule has 0 aliphatic rings. The van der Waals surface area contributed by atoms with Gasteiger partial charge in [-0.3, -0.25) is 4.79 Å². The number of hydrogen-bond donors (Lipinski definition) is 2. The second-order valence-corrected chi connectivity index (χ2v) is 9.67. The first-order valence-corrected chi connectivity index (χ1v) is 7.52. The molecule has 66 valence electrons. The Bertz CT molecular complexity index is 142. The van der Waals surface area contributed by atoms with E-state index in [-0.39, 0.29) is 0 Å². The average molecular weight is 175 g/mol. The quantitative estimate of drug-likeness (QED) is 0.629. The van der Waals surface area contributed by atoms with Crippen LogP contribution in [0.3, 0.4) is 0 Å². The molecule has 0 saturated carbocycles. The first-order valence-electron chi connectivity index (χ1n) is 3.81. The Morgan fingerprint density at radius 1 is 1.55 bits per heavy atom. The second kappa shape index (κ2) is 3.87. The lowest BCUT2D eigenvalue weighted by atomic mass is 10.2. The van der Waals surface area contributed by atoms with Crippen LogP contribution >= 0.6 is 0 Å². The fourth-order valence-electron chi connectivity index (χ4n) is 0.712. The molecule has 0 amide bonds. The van der Waals surface area contributed by atoms with Crippen LogP contribution in [0.4, 0.5) is 0 Å². The highest BCUT2D eigenvalue weighted by Gasteiger charge is 2.17. The Labute approximate surface area is 68.6 Å². The van der Waals surface area contributed by atoms with E-state index in [0.29, 0.717) is 6.42 Å². The summed E-state index contributed by atoms with van der Waals surface area (Å²) in [5.74, 6) is -0.886. The van der Waals surface area contributed by atoms with E-state index in [4.69, 9.17) is 10.8 Å². The smallest absolute Gasteiger partial charge is 0.320 e. The molecular weight excluding hydrogens is 158 g/mol. The van der Waals surface area contributed by atoms with Crippen LogP contribution in [-0.4, -0.2) is 25.2 Å². The summed E-state index contributed by atoms with van der Waals surface area (Å²) >= 11 is 0. The fraction of sp³-hybridized carbons (Fsp3) is 0.857. The molecule has 0 fully saturated rings. The molecule has 3 nitrogen and oxygen atoms in total. The van der Waals surface area contributed by atoms with Crippen molar-refractivity contribution >= 4 is 14.0 Å². The zero-order chi connectivity index (χ0) is 9.07. The molecule has 0 aliphatic carbocycles. The molecule has 4 heteroatoms. The van der Waals surface area contributed by atoms with Gasteiger partial charge in [-0.15, -0.1) is 0 Å². The van der Waals surface area contributed by atoms with Crippen LogP contribution in [0, 0.1) is 0 Å². The van der Waals surface area contributed by atoms with Crippen molar-refractivity contribution in [1.82, 2.24) is 0 Å². The maximum Gasteiger partial charge on any atom is 0.320 e. The Morgan fingerprint density at radius 3 is 2.27 bits per heavy atom. The number of carboxylic acid groups (broad SMARTS) is 1. The van der Waals surface area contributed by atoms with E-state index >= 15 is 0 Å². The summed E-state index contributed by atoms with van der Waals surface area (Å²) in [5, 5.41) is 8.47. The van der Waals surface area contributed by atoms with E-state index in [1.807, 2.05) is 0 Å². The van der Waals surface area contributed by atoms with E-state index in [1.54, 1.807) is 0 Å². The van der Waals surface area contributed by atoms with Gasteiger partial charge in [0.15, 0.2) is 0 Å². The van der Waals surface area contributed by atoms with Crippen LogP contribution in [0.15, 0.2) is 0 Å². The Morgan fingerprint density at radius 2 is 2.00 bits per heavy atom. The fourth-order valence-corrected chi connectivity index (χ4v) is 1.89. The van der Waals surface area contributed by atoms with Crippen LogP contribution in [-0.2, 0) is 4.79 Å². The van der Waals surface area contributed by atoms with Crippen molar-refractivity contribution in [3.63, 3.8) is 0 Å². The molecule has 0 aromatic carbocycles. The predicted octanol–water partition coefficient (Wildman–Crippen LogP) is 1.13. The molecule has 11 heavy (non-hydrogen) atoms. The molecule has 0 heterocycles. The van der Waals surface area contributed by atoms with E-state index in [1.165, 1.54) is 0 Å². The van der Waals surface area contributed by atoms with E-state index in [9.17, 15) is 4.79 Å². The lowest BCUT2D eigenvalue weighted by Gasteiger charge is -2.16.